The number of rotatable bonds is 3. The molecule has 2 heterocycles. The minimum absolute atomic E-state index is 0.498. The first kappa shape index (κ1) is 17.6. The third-order valence-electron chi connectivity index (χ3n) is 4.79. The zero-order chi connectivity index (χ0) is 17.5. The molecule has 0 atom stereocenters. The second-order valence-electron chi connectivity index (χ2n) is 6.56. The number of nitrogens with zero attached hydrogens (tertiary/aromatic N) is 3. The number of anilines is 1. The number of nitrogens with one attached hydrogen (secondary N) is 2. The standard InChI is InChI=1S/C15H16N4.C4H9NO/c16-9-11-6-7-14-13(8-11)15(18-10-17-14)19-12-4-2-1-3-5-12;1-6-4-2-5-3-4/h6-8,10,12H,1-5H2,(H,17,18,19);4-5H,2-3H2,1H3. The number of nitriles is 1. The van der Waals surface area contributed by atoms with Gasteiger partial charge < -0.3 is 15.4 Å². The molecular formula is C19H25N5O. The first-order valence-electron chi connectivity index (χ1n) is 8.95. The Balaban J connectivity index is 0.000000258. The summed E-state index contributed by atoms with van der Waals surface area (Å²) in [4.78, 5) is 8.59. The van der Waals surface area contributed by atoms with Crippen LogP contribution in [0.15, 0.2) is 24.5 Å². The van der Waals surface area contributed by atoms with Crippen molar-refractivity contribution in [3.05, 3.63) is 30.1 Å². The summed E-state index contributed by atoms with van der Waals surface area (Å²) in [6, 6.07) is 8.19. The van der Waals surface area contributed by atoms with E-state index in [0.717, 1.165) is 29.8 Å². The molecule has 2 N–H and O–H groups in total. The summed E-state index contributed by atoms with van der Waals surface area (Å²) in [7, 11) is 1.74. The van der Waals surface area contributed by atoms with E-state index in [-0.39, 0.29) is 0 Å². The van der Waals surface area contributed by atoms with Gasteiger partial charge >= 0.3 is 0 Å². The highest BCUT2D eigenvalue weighted by atomic mass is 16.5. The smallest absolute Gasteiger partial charge is 0.137 e. The van der Waals surface area contributed by atoms with Gasteiger partial charge in [0.15, 0.2) is 0 Å². The third-order valence-corrected chi connectivity index (χ3v) is 4.79. The van der Waals surface area contributed by atoms with Crippen LogP contribution >= 0.6 is 0 Å². The summed E-state index contributed by atoms with van der Waals surface area (Å²) in [5.41, 5.74) is 1.53. The van der Waals surface area contributed by atoms with Crippen LogP contribution in [0.2, 0.25) is 0 Å². The van der Waals surface area contributed by atoms with Crippen LogP contribution in [-0.4, -0.2) is 42.3 Å². The van der Waals surface area contributed by atoms with Gasteiger partial charge in [0.2, 0.25) is 0 Å². The van der Waals surface area contributed by atoms with Crippen molar-refractivity contribution in [3.8, 4) is 6.07 Å². The van der Waals surface area contributed by atoms with Crippen LogP contribution in [0.1, 0.15) is 37.7 Å². The third kappa shape index (κ3) is 4.65. The Hall–Kier alpha value is -2.23. The molecule has 132 valence electrons. The van der Waals surface area contributed by atoms with Crippen LogP contribution in [0.3, 0.4) is 0 Å². The highest BCUT2D eigenvalue weighted by molar-refractivity contribution is 5.89. The van der Waals surface area contributed by atoms with Gasteiger partial charge in [-0.15, -0.1) is 0 Å². The minimum Gasteiger partial charge on any atom is -0.379 e. The summed E-state index contributed by atoms with van der Waals surface area (Å²) in [5, 5.41) is 16.5. The van der Waals surface area contributed by atoms with Crippen molar-refractivity contribution in [3.63, 3.8) is 0 Å². The Morgan fingerprint density at radius 2 is 2.00 bits per heavy atom. The van der Waals surface area contributed by atoms with Crippen LogP contribution in [0.5, 0.6) is 0 Å². The molecule has 1 saturated carbocycles. The lowest BCUT2D eigenvalue weighted by Crippen LogP contribution is -2.47. The Kier molecular flexibility index (Phi) is 6.15. The van der Waals surface area contributed by atoms with E-state index >= 15 is 0 Å². The van der Waals surface area contributed by atoms with Crippen LogP contribution in [0, 0.1) is 11.3 Å². The van der Waals surface area contributed by atoms with E-state index in [9.17, 15) is 0 Å². The fourth-order valence-corrected chi connectivity index (χ4v) is 3.11. The fraction of sp³-hybridized carbons (Fsp3) is 0.526. The van der Waals surface area contributed by atoms with E-state index in [2.05, 4.69) is 26.7 Å². The summed E-state index contributed by atoms with van der Waals surface area (Å²) >= 11 is 0. The van der Waals surface area contributed by atoms with Crippen molar-refractivity contribution in [2.45, 2.75) is 44.2 Å². The number of hydrogen-bond acceptors (Lipinski definition) is 6. The Morgan fingerprint density at radius 3 is 2.60 bits per heavy atom. The molecule has 2 aliphatic rings. The van der Waals surface area contributed by atoms with E-state index in [1.807, 2.05) is 12.1 Å². The van der Waals surface area contributed by atoms with E-state index < -0.39 is 0 Å². The second-order valence-corrected chi connectivity index (χ2v) is 6.56. The lowest BCUT2D eigenvalue weighted by Gasteiger charge is -2.24. The molecule has 25 heavy (non-hydrogen) atoms. The number of ether oxygens (including phenoxy) is 1. The first-order valence-corrected chi connectivity index (χ1v) is 8.95. The lowest BCUT2D eigenvalue weighted by atomic mass is 9.95. The zero-order valence-electron chi connectivity index (χ0n) is 14.7. The largest absolute Gasteiger partial charge is 0.379 e. The van der Waals surface area contributed by atoms with Gasteiger partial charge in [-0.25, -0.2) is 9.97 Å². The van der Waals surface area contributed by atoms with E-state index in [4.69, 9.17) is 10.00 Å². The minimum atomic E-state index is 0.498. The van der Waals surface area contributed by atoms with Gasteiger partial charge in [-0.05, 0) is 31.0 Å². The van der Waals surface area contributed by atoms with Gasteiger partial charge in [-0.2, -0.15) is 5.26 Å². The molecule has 6 nitrogen and oxygen atoms in total. The van der Waals surface area contributed by atoms with E-state index in [1.165, 1.54) is 32.1 Å². The summed E-state index contributed by atoms with van der Waals surface area (Å²) < 4.78 is 4.92. The number of benzene rings is 1. The Morgan fingerprint density at radius 1 is 1.20 bits per heavy atom. The molecule has 0 unspecified atom stereocenters. The molecule has 0 radical (unpaired) electrons. The molecule has 1 aliphatic heterocycles. The Bertz CT molecular complexity index is 729. The van der Waals surface area contributed by atoms with Gasteiger partial charge in [0.05, 0.1) is 23.3 Å². The predicted molar refractivity (Wildman–Crippen MR) is 98.4 cm³/mol. The monoisotopic (exact) mass is 339 g/mol. The van der Waals surface area contributed by atoms with Crippen molar-refractivity contribution in [2.24, 2.45) is 0 Å². The maximum Gasteiger partial charge on any atom is 0.137 e. The van der Waals surface area contributed by atoms with Crippen molar-refractivity contribution in [1.82, 2.24) is 15.3 Å². The molecule has 0 bridgehead atoms. The van der Waals surface area contributed by atoms with Crippen molar-refractivity contribution >= 4 is 16.7 Å². The number of aromatic nitrogens is 2. The second kappa shape index (κ2) is 8.75. The van der Waals surface area contributed by atoms with Gasteiger partial charge in [0.1, 0.15) is 12.1 Å². The zero-order valence-corrected chi connectivity index (χ0v) is 14.7. The summed E-state index contributed by atoms with van der Waals surface area (Å²) in [5.74, 6) is 0.856. The molecule has 2 aromatic rings. The highest BCUT2D eigenvalue weighted by Crippen LogP contribution is 2.25. The molecule has 0 spiro atoms. The molecular weight excluding hydrogens is 314 g/mol. The molecule has 1 aromatic heterocycles. The predicted octanol–water partition coefficient (Wildman–Crippen LogP) is 2.85. The van der Waals surface area contributed by atoms with Crippen LogP contribution < -0.4 is 10.6 Å². The molecule has 1 saturated heterocycles. The fourth-order valence-electron chi connectivity index (χ4n) is 3.11. The lowest BCUT2D eigenvalue weighted by molar-refractivity contribution is 0.0600. The normalized spacial score (nSPS) is 17.9. The van der Waals surface area contributed by atoms with E-state index in [1.54, 1.807) is 19.5 Å². The van der Waals surface area contributed by atoms with Gasteiger partial charge in [0.25, 0.3) is 0 Å². The average Bonchev–Trinajstić information content (AvgIpc) is 2.62. The van der Waals surface area contributed by atoms with E-state index in [0.29, 0.717) is 17.7 Å². The first-order chi connectivity index (χ1) is 12.3. The van der Waals surface area contributed by atoms with Gasteiger partial charge in [0, 0.05) is 31.6 Å². The van der Waals surface area contributed by atoms with Crippen molar-refractivity contribution in [2.75, 3.05) is 25.5 Å². The number of fused-ring (bicyclic) bond motifs is 1. The average molecular weight is 339 g/mol. The Labute approximate surface area is 148 Å². The number of methoxy groups -OCH3 is 1. The molecule has 6 heteroatoms. The van der Waals surface area contributed by atoms with Crippen LogP contribution in [0.4, 0.5) is 5.82 Å². The molecule has 4 rings (SSSR count). The quantitative estimate of drug-likeness (QED) is 0.895. The number of hydrogen-bond donors (Lipinski definition) is 2. The molecule has 2 fully saturated rings. The van der Waals surface area contributed by atoms with Gasteiger partial charge in [-0.3, -0.25) is 0 Å². The van der Waals surface area contributed by atoms with Gasteiger partial charge in [-0.1, -0.05) is 19.3 Å². The highest BCUT2D eigenvalue weighted by Gasteiger charge is 2.15. The topological polar surface area (TPSA) is 82.9 Å². The van der Waals surface area contributed by atoms with Crippen LogP contribution in [-0.2, 0) is 4.74 Å². The maximum atomic E-state index is 9.00. The van der Waals surface area contributed by atoms with Crippen LogP contribution in [0.25, 0.3) is 10.9 Å². The summed E-state index contributed by atoms with van der Waals surface area (Å²) in [6.45, 7) is 2.08. The maximum absolute atomic E-state index is 9.00. The van der Waals surface area contributed by atoms with Crippen molar-refractivity contribution in [1.29, 1.82) is 5.26 Å². The summed E-state index contributed by atoms with van der Waals surface area (Å²) in [6.07, 6.45) is 8.38. The molecule has 1 aromatic carbocycles. The molecule has 1 aliphatic carbocycles. The van der Waals surface area contributed by atoms with Crippen molar-refractivity contribution < 1.29 is 4.74 Å². The molecule has 0 amide bonds. The SMILES string of the molecule is COC1CNC1.N#Cc1ccc2ncnc(NC3CCCCC3)c2c1.